The fraction of sp³-hybridized carbons (Fsp3) is 0.286. The van der Waals surface area contributed by atoms with E-state index in [9.17, 15) is 23.3 Å². The Morgan fingerprint density at radius 3 is 2.53 bits per heavy atom. The van der Waals surface area contributed by atoms with Crippen LogP contribution in [0.2, 0.25) is 0 Å². The zero-order valence-corrected chi connectivity index (χ0v) is 10.3. The Hall–Kier alpha value is -1.33. The molecule has 0 radical (unpaired) electrons. The van der Waals surface area contributed by atoms with Crippen LogP contribution >= 0.6 is 22.6 Å². The first-order chi connectivity index (χ1) is 7.76. The van der Waals surface area contributed by atoms with Crippen molar-refractivity contribution in [3.63, 3.8) is 0 Å². The number of hydrogen-bond donors (Lipinski definition) is 0. The summed E-state index contributed by atoms with van der Waals surface area (Å²) in [6.45, 7) is 0. The number of nitrogens with zero attached hydrogens (tertiary/aromatic N) is 2. The third-order valence-electron chi connectivity index (χ3n) is 1.53. The van der Waals surface area contributed by atoms with E-state index in [4.69, 9.17) is 0 Å². The van der Waals surface area contributed by atoms with Gasteiger partial charge in [0.15, 0.2) is 5.75 Å². The number of aromatic nitrogens is 1. The monoisotopic (exact) mass is 364 g/mol. The highest BCUT2D eigenvalue weighted by atomic mass is 127. The summed E-state index contributed by atoms with van der Waals surface area (Å²) in [5.41, 5.74) is -0.671. The minimum absolute atomic E-state index is 0.336. The molecule has 1 aromatic heterocycles. The van der Waals surface area contributed by atoms with Crippen LogP contribution < -0.4 is 9.47 Å². The Labute approximate surface area is 106 Å². The molecule has 0 saturated heterocycles. The molecule has 1 heterocycles. The maximum absolute atomic E-state index is 12.0. The van der Waals surface area contributed by atoms with Crippen LogP contribution in [-0.2, 0) is 0 Å². The molecule has 6 nitrogen and oxygen atoms in total. The molecular formula is C7H4F3IN2O4. The maximum Gasteiger partial charge on any atom is 0.573 e. The van der Waals surface area contributed by atoms with Gasteiger partial charge in [0.05, 0.1) is 18.2 Å². The largest absolute Gasteiger partial charge is 0.573 e. The minimum atomic E-state index is -4.94. The quantitative estimate of drug-likeness (QED) is 0.468. The van der Waals surface area contributed by atoms with E-state index in [1.165, 1.54) is 22.6 Å². The van der Waals surface area contributed by atoms with Gasteiger partial charge in [0.2, 0.25) is 0 Å². The molecule has 0 amide bonds. The highest BCUT2D eigenvalue weighted by molar-refractivity contribution is 14.1. The fourth-order valence-corrected chi connectivity index (χ4v) is 1.63. The van der Waals surface area contributed by atoms with E-state index in [-0.39, 0.29) is 9.45 Å². The molecule has 1 aromatic rings. The van der Waals surface area contributed by atoms with Crippen LogP contribution in [0.4, 0.5) is 18.9 Å². The maximum atomic E-state index is 12.0. The molecule has 0 bridgehead atoms. The van der Waals surface area contributed by atoms with E-state index < -0.39 is 22.7 Å². The lowest BCUT2D eigenvalue weighted by Crippen LogP contribution is -2.18. The van der Waals surface area contributed by atoms with Gasteiger partial charge in [-0.25, -0.2) is 4.98 Å². The normalized spacial score (nSPS) is 11.1. The Morgan fingerprint density at radius 2 is 2.12 bits per heavy atom. The number of pyridine rings is 1. The highest BCUT2D eigenvalue weighted by Crippen LogP contribution is 2.37. The van der Waals surface area contributed by atoms with Crippen LogP contribution in [0.5, 0.6) is 11.6 Å². The van der Waals surface area contributed by atoms with Crippen molar-refractivity contribution in [1.82, 2.24) is 4.98 Å². The van der Waals surface area contributed by atoms with Gasteiger partial charge in [-0.2, -0.15) is 0 Å². The molecule has 0 atom stereocenters. The Morgan fingerprint density at radius 1 is 1.53 bits per heavy atom. The summed E-state index contributed by atoms with van der Waals surface area (Å²) in [4.78, 5) is 13.1. The second kappa shape index (κ2) is 4.89. The number of rotatable bonds is 3. The highest BCUT2D eigenvalue weighted by Gasteiger charge is 2.35. The molecule has 0 spiro atoms. The minimum Gasteiger partial charge on any atom is -0.476 e. The summed E-state index contributed by atoms with van der Waals surface area (Å²) in [5.74, 6) is -1.13. The average Bonchev–Trinajstić information content (AvgIpc) is 2.18. The lowest BCUT2D eigenvalue weighted by atomic mass is 10.4. The van der Waals surface area contributed by atoms with E-state index in [1.54, 1.807) is 0 Å². The van der Waals surface area contributed by atoms with Crippen molar-refractivity contribution in [2.45, 2.75) is 6.36 Å². The summed E-state index contributed by atoms with van der Waals surface area (Å²) < 4.78 is 43.8. The summed E-state index contributed by atoms with van der Waals surface area (Å²) in [7, 11) is 1.12. The van der Waals surface area contributed by atoms with E-state index in [2.05, 4.69) is 14.5 Å². The van der Waals surface area contributed by atoms with Gasteiger partial charge in [-0.1, -0.05) is 0 Å². The number of alkyl halides is 3. The van der Waals surface area contributed by atoms with Gasteiger partial charge in [0.1, 0.15) is 3.57 Å². The molecule has 0 aliphatic carbocycles. The summed E-state index contributed by atoms with van der Waals surface area (Å²) in [6.07, 6.45) is -4.23. The van der Waals surface area contributed by atoms with Crippen LogP contribution in [0.3, 0.4) is 0 Å². The number of nitro groups is 1. The Balaban J connectivity index is 3.28. The standard InChI is InChI=1S/C7H4F3IN2O4/c1-16-6-5(13(14)15)4(11)3(2-12-6)17-7(8,9)10/h2H,1H3. The molecule has 0 aliphatic heterocycles. The molecule has 10 heteroatoms. The summed E-state index contributed by atoms with van der Waals surface area (Å²) >= 11 is 1.36. The average molecular weight is 364 g/mol. The van der Waals surface area contributed by atoms with Crippen molar-refractivity contribution in [3.8, 4) is 11.6 Å². The number of methoxy groups -OCH3 is 1. The second-order valence-corrected chi connectivity index (χ2v) is 3.68. The van der Waals surface area contributed by atoms with Crippen LogP contribution in [-0.4, -0.2) is 23.4 Å². The SMILES string of the molecule is COc1ncc(OC(F)(F)F)c(I)c1[N+](=O)[O-]. The Kier molecular flexibility index (Phi) is 3.95. The molecule has 94 valence electrons. The third-order valence-corrected chi connectivity index (χ3v) is 2.57. The first-order valence-electron chi connectivity index (χ1n) is 3.89. The number of hydrogen-bond acceptors (Lipinski definition) is 5. The van der Waals surface area contributed by atoms with Crippen molar-refractivity contribution >= 4 is 28.3 Å². The van der Waals surface area contributed by atoms with Gasteiger partial charge >= 0.3 is 12.0 Å². The van der Waals surface area contributed by atoms with Crippen molar-refractivity contribution in [1.29, 1.82) is 0 Å². The second-order valence-electron chi connectivity index (χ2n) is 2.60. The van der Waals surface area contributed by atoms with Crippen LogP contribution in [0.1, 0.15) is 0 Å². The van der Waals surface area contributed by atoms with E-state index in [0.717, 1.165) is 7.11 Å². The molecule has 0 saturated carbocycles. The lowest BCUT2D eigenvalue weighted by molar-refractivity contribution is -0.387. The van der Waals surface area contributed by atoms with Crippen molar-refractivity contribution in [2.75, 3.05) is 7.11 Å². The van der Waals surface area contributed by atoms with Crippen molar-refractivity contribution in [3.05, 3.63) is 19.9 Å². The summed E-state index contributed by atoms with van der Waals surface area (Å²) in [5, 5.41) is 10.7. The number of ether oxygens (including phenoxy) is 2. The molecule has 0 aliphatic rings. The summed E-state index contributed by atoms with van der Waals surface area (Å²) in [6, 6.07) is 0. The van der Waals surface area contributed by atoms with Gasteiger partial charge in [-0.15, -0.1) is 13.2 Å². The molecule has 17 heavy (non-hydrogen) atoms. The molecular weight excluding hydrogens is 360 g/mol. The molecule has 0 fully saturated rings. The molecule has 0 N–H and O–H groups in total. The van der Waals surface area contributed by atoms with Crippen LogP contribution in [0, 0.1) is 13.7 Å². The Bertz CT molecular complexity index is 451. The number of halogens is 4. The topological polar surface area (TPSA) is 74.5 Å². The molecule has 1 rings (SSSR count). The zero-order chi connectivity index (χ0) is 13.2. The lowest BCUT2D eigenvalue weighted by Gasteiger charge is -2.10. The fourth-order valence-electron chi connectivity index (χ4n) is 0.949. The van der Waals surface area contributed by atoms with Gasteiger partial charge in [-0.3, -0.25) is 10.1 Å². The van der Waals surface area contributed by atoms with Crippen molar-refractivity contribution in [2.24, 2.45) is 0 Å². The first-order valence-corrected chi connectivity index (χ1v) is 4.96. The first kappa shape index (κ1) is 13.7. The van der Waals surface area contributed by atoms with E-state index in [1.807, 2.05) is 0 Å². The van der Waals surface area contributed by atoms with E-state index >= 15 is 0 Å². The van der Waals surface area contributed by atoms with Gasteiger partial charge in [-0.05, 0) is 22.6 Å². The van der Waals surface area contributed by atoms with E-state index in [0.29, 0.717) is 6.20 Å². The van der Waals surface area contributed by atoms with Gasteiger partial charge < -0.3 is 9.47 Å². The van der Waals surface area contributed by atoms with Crippen LogP contribution in [0.15, 0.2) is 6.20 Å². The predicted molar refractivity (Wildman–Crippen MR) is 56.8 cm³/mol. The smallest absolute Gasteiger partial charge is 0.476 e. The van der Waals surface area contributed by atoms with Crippen LogP contribution in [0.25, 0.3) is 0 Å². The third kappa shape index (κ3) is 3.31. The zero-order valence-electron chi connectivity index (χ0n) is 8.12. The van der Waals surface area contributed by atoms with Gasteiger partial charge in [0, 0.05) is 0 Å². The predicted octanol–water partition coefficient (Wildman–Crippen LogP) is 2.50. The van der Waals surface area contributed by atoms with Crippen molar-refractivity contribution < 1.29 is 27.6 Å². The van der Waals surface area contributed by atoms with Gasteiger partial charge in [0.25, 0.3) is 5.88 Å². The molecule has 0 unspecified atom stereocenters. The molecule has 0 aromatic carbocycles.